The first-order valence-electron chi connectivity index (χ1n) is 7.31. The summed E-state index contributed by atoms with van der Waals surface area (Å²) >= 11 is 6.04. The number of nitrogens with one attached hydrogen (secondary N) is 1. The Labute approximate surface area is 121 Å². The lowest BCUT2D eigenvalue weighted by molar-refractivity contribution is 0.0996. The highest BCUT2D eigenvalue weighted by Gasteiger charge is 2.19. The highest BCUT2D eigenvalue weighted by Crippen LogP contribution is 2.27. The smallest absolute Gasteiger partial charge is 0.0576 e. The van der Waals surface area contributed by atoms with E-state index in [1.54, 1.807) is 0 Å². The van der Waals surface area contributed by atoms with Crippen LogP contribution in [0.25, 0.3) is 0 Å². The first-order chi connectivity index (χ1) is 9.20. The van der Waals surface area contributed by atoms with Crippen LogP contribution in [-0.4, -0.2) is 19.3 Å². The minimum absolute atomic E-state index is 0.409. The lowest BCUT2D eigenvalue weighted by Gasteiger charge is -2.22. The number of rotatable bonds is 6. The van der Waals surface area contributed by atoms with Crippen molar-refractivity contribution in [2.45, 2.75) is 51.7 Å². The maximum Gasteiger partial charge on any atom is 0.0576 e. The van der Waals surface area contributed by atoms with Gasteiger partial charge < -0.3 is 10.1 Å². The van der Waals surface area contributed by atoms with E-state index in [-0.39, 0.29) is 0 Å². The van der Waals surface area contributed by atoms with Crippen molar-refractivity contribution in [1.29, 1.82) is 0 Å². The topological polar surface area (TPSA) is 21.3 Å². The molecule has 1 aromatic rings. The van der Waals surface area contributed by atoms with Crippen molar-refractivity contribution >= 4 is 11.6 Å². The van der Waals surface area contributed by atoms with E-state index >= 15 is 0 Å². The number of hydrogen-bond donors (Lipinski definition) is 1. The van der Waals surface area contributed by atoms with E-state index in [0.717, 1.165) is 31.0 Å². The molecule has 2 nitrogen and oxygen atoms in total. The average molecular weight is 282 g/mol. The summed E-state index contributed by atoms with van der Waals surface area (Å²) in [4.78, 5) is 0. The molecule has 1 aliphatic rings. The van der Waals surface area contributed by atoms with Gasteiger partial charge in [-0.15, -0.1) is 0 Å². The van der Waals surface area contributed by atoms with Gasteiger partial charge in [0.2, 0.25) is 0 Å². The molecule has 1 N–H and O–H groups in total. The summed E-state index contributed by atoms with van der Waals surface area (Å²) in [6.45, 7) is 6.22. The zero-order valence-corrected chi connectivity index (χ0v) is 12.7. The number of benzene rings is 1. The lowest BCUT2D eigenvalue weighted by atomic mass is 9.95. The quantitative estimate of drug-likeness (QED) is 0.841. The van der Waals surface area contributed by atoms with Crippen molar-refractivity contribution in [2.75, 3.05) is 13.2 Å². The molecule has 1 aromatic carbocycles. The van der Waals surface area contributed by atoms with Crippen molar-refractivity contribution in [2.24, 2.45) is 0 Å². The van der Waals surface area contributed by atoms with Crippen molar-refractivity contribution in [3.63, 3.8) is 0 Å². The van der Waals surface area contributed by atoms with Crippen LogP contribution in [0.3, 0.4) is 0 Å². The maximum atomic E-state index is 6.04. The number of halogens is 1. The van der Waals surface area contributed by atoms with Crippen LogP contribution in [-0.2, 0) is 4.74 Å². The zero-order valence-electron chi connectivity index (χ0n) is 11.9. The molecule has 0 aromatic heterocycles. The highest BCUT2D eigenvalue weighted by atomic mass is 35.5. The minimum atomic E-state index is 0.409. The van der Waals surface area contributed by atoms with E-state index in [1.165, 1.54) is 24.0 Å². The molecular formula is C16H24ClNO. The fourth-order valence-electron chi connectivity index (χ4n) is 2.87. The molecule has 0 amide bonds. The Kier molecular flexibility index (Phi) is 5.68. The summed E-state index contributed by atoms with van der Waals surface area (Å²) in [6.07, 6.45) is 5.17. The van der Waals surface area contributed by atoms with Crippen LogP contribution in [0.15, 0.2) is 18.2 Å². The predicted molar refractivity (Wildman–Crippen MR) is 80.8 cm³/mol. The van der Waals surface area contributed by atoms with Crippen LogP contribution in [0.2, 0.25) is 5.02 Å². The SMILES string of the molecule is CCNC(CCC1CCCO1)c1ccc(Cl)cc1C. The fraction of sp³-hybridized carbons (Fsp3) is 0.625. The molecule has 1 fully saturated rings. The first kappa shape index (κ1) is 14.8. The molecule has 0 radical (unpaired) electrons. The van der Waals surface area contributed by atoms with Gasteiger partial charge in [-0.2, -0.15) is 0 Å². The predicted octanol–water partition coefficient (Wildman–Crippen LogP) is 4.26. The summed E-state index contributed by atoms with van der Waals surface area (Å²) in [5, 5.41) is 4.40. The second-order valence-corrected chi connectivity index (χ2v) is 5.76. The molecule has 1 saturated heterocycles. The first-order valence-corrected chi connectivity index (χ1v) is 7.69. The summed E-state index contributed by atoms with van der Waals surface area (Å²) in [5.41, 5.74) is 2.63. The van der Waals surface area contributed by atoms with Gasteiger partial charge in [0.05, 0.1) is 6.10 Å². The average Bonchev–Trinajstić information content (AvgIpc) is 2.88. The normalized spacial score (nSPS) is 20.7. The van der Waals surface area contributed by atoms with E-state index in [2.05, 4.69) is 25.2 Å². The second-order valence-electron chi connectivity index (χ2n) is 5.32. The Morgan fingerprint density at radius 3 is 2.95 bits per heavy atom. The molecule has 2 atom stereocenters. The van der Waals surface area contributed by atoms with Crippen LogP contribution >= 0.6 is 11.6 Å². The van der Waals surface area contributed by atoms with Gasteiger partial charge >= 0.3 is 0 Å². The standard InChI is InChI=1S/C16H24ClNO/c1-3-18-16(9-7-14-5-4-10-19-14)15-8-6-13(17)11-12(15)2/h6,8,11,14,16,18H,3-5,7,9-10H2,1-2H3. The minimum Gasteiger partial charge on any atom is -0.378 e. The molecule has 0 aliphatic carbocycles. The van der Waals surface area contributed by atoms with E-state index in [4.69, 9.17) is 16.3 Å². The molecular weight excluding hydrogens is 258 g/mol. The largest absolute Gasteiger partial charge is 0.378 e. The van der Waals surface area contributed by atoms with Crippen LogP contribution in [0, 0.1) is 6.92 Å². The van der Waals surface area contributed by atoms with Gasteiger partial charge in [-0.3, -0.25) is 0 Å². The highest BCUT2D eigenvalue weighted by molar-refractivity contribution is 6.30. The number of aryl methyl sites for hydroxylation is 1. The van der Waals surface area contributed by atoms with E-state index in [0.29, 0.717) is 12.1 Å². The summed E-state index contributed by atoms with van der Waals surface area (Å²) < 4.78 is 5.72. The molecule has 1 aliphatic heterocycles. The van der Waals surface area contributed by atoms with Crippen LogP contribution < -0.4 is 5.32 Å². The van der Waals surface area contributed by atoms with Crippen molar-refractivity contribution in [3.05, 3.63) is 34.3 Å². The molecule has 1 heterocycles. The van der Waals surface area contributed by atoms with E-state index in [9.17, 15) is 0 Å². The molecule has 2 rings (SSSR count). The Hall–Kier alpha value is -0.570. The third kappa shape index (κ3) is 4.20. The van der Waals surface area contributed by atoms with Gasteiger partial charge in [0.15, 0.2) is 0 Å². The van der Waals surface area contributed by atoms with Crippen molar-refractivity contribution < 1.29 is 4.74 Å². The van der Waals surface area contributed by atoms with Gasteiger partial charge in [-0.1, -0.05) is 24.6 Å². The van der Waals surface area contributed by atoms with Crippen molar-refractivity contribution in [1.82, 2.24) is 5.32 Å². The Morgan fingerprint density at radius 2 is 2.32 bits per heavy atom. The van der Waals surface area contributed by atoms with E-state index in [1.807, 2.05) is 12.1 Å². The third-order valence-electron chi connectivity index (χ3n) is 3.86. The van der Waals surface area contributed by atoms with Gasteiger partial charge in [0, 0.05) is 17.7 Å². The lowest BCUT2D eigenvalue weighted by Crippen LogP contribution is -2.23. The Bertz CT molecular complexity index is 402. The summed E-state index contributed by atoms with van der Waals surface area (Å²) in [6, 6.07) is 6.60. The molecule has 106 valence electrons. The number of ether oxygens (including phenoxy) is 1. The zero-order chi connectivity index (χ0) is 13.7. The van der Waals surface area contributed by atoms with Crippen molar-refractivity contribution in [3.8, 4) is 0 Å². The van der Waals surface area contributed by atoms with Gasteiger partial charge in [-0.05, 0) is 62.4 Å². The van der Waals surface area contributed by atoms with E-state index < -0.39 is 0 Å². The van der Waals surface area contributed by atoms with Gasteiger partial charge in [0.25, 0.3) is 0 Å². The van der Waals surface area contributed by atoms with Gasteiger partial charge in [0.1, 0.15) is 0 Å². The van der Waals surface area contributed by atoms with Gasteiger partial charge in [-0.25, -0.2) is 0 Å². The Balaban J connectivity index is 2.01. The molecule has 3 heteroatoms. The maximum absolute atomic E-state index is 6.04. The summed E-state index contributed by atoms with van der Waals surface area (Å²) in [7, 11) is 0. The molecule has 19 heavy (non-hydrogen) atoms. The van der Waals surface area contributed by atoms with Crippen LogP contribution in [0.1, 0.15) is 49.8 Å². The molecule has 2 unspecified atom stereocenters. The summed E-state index contributed by atoms with van der Waals surface area (Å²) in [5.74, 6) is 0. The second kappa shape index (κ2) is 7.28. The number of hydrogen-bond acceptors (Lipinski definition) is 2. The molecule has 0 bridgehead atoms. The monoisotopic (exact) mass is 281 g/mol. The molecule has 0 saturated carbocycles. The van der Waals surface area contributed by atoms with Crippen LogP contribution in [0.5, 0.6) is 0 Å². The third-order valence-corrected chi connectivity index (χ3v) is 4.09. The Morgan fingerprint density at radius 1 is 1.47 bits per heavy atom. The van der Waals surface area contributed by atoms with Crippen LogP contribution in [0.4, 0.5) is 0 Å². The molecule has 0 spiro atoms. The fourth-order valence-corrected chi connectivity index (χ4v) is 3.10.